The Morgan fingerprint density at radius 3 is 2.50 bits per heavy atom. The first kappa shape index (κ1) is 18.3. The van der Waals surface area contributed by atoms with Crippen LogP contribution < -0.4 is 4.74 Å². The number of hydrogen-bond acceptors (Lipinski definition) is 4. The van der Waals surface area contributed by atoms with Gasteiger partial charge in [-0.15, -0.1) is 0 Å². The highest BCUT2D eigenvalue weighted by molar-refractivity contribution is 8.18. The van der Waals surface area contributed by atoms with E-state index in [1.807, 2.05) is 81.4 Å². The molecule has 0 bridgehead atoms. The highest BCUT2D eigenvalue weighted by atomic mass is 32.2. The molecule has 1 saturated heterocycles. The summed E-state index contributed by atoms with van der Waals surface area (Å²) in [5.41, 5.74) is 1.74. The fourth-order valence-corrected chi connectivity index (χ4v) is 3.64. The van der Waals surface area contributed by atoms with Crippen molar-refractivity contribution in [1.29, 1.82) is 0 Å². The van der Waals surface area contributed by atoms with E-state index < -0.39 is 0 Å². The molecule has 0 unspecified atom stereocenters. The van der Waals surface area contributed by atoms with Crippen LogP contribution in [0.1, 0.15) is 26.3 Å². The molecule has 4 nitrogen and oxygen atoms in total. The minimum absolute atomic E-state index is 0.0217. The zero-order valence-electron chi connectivity index (χ0n) is 15.2. The zero-order valence-corrected chi connectivity index (χ0v) is 16.0. The predicted molar refractivity (Wildman–Crippen MR) is 109 cm³/mol. The van der Waals surface area contributed by atoms with Crippen LogP contribution in [0.3, 0.4) is 0 Å². The Labute approximate surface area is 158 Å². The second kappa shape index (κ2) is 8.23. The van der Waals surface area contributed by atoms with Gasteiger partial charge in [-0.05, 0) is 56.8 Å². The molecule has 0 saturated carbocycles. The lowest BCUT2D eigenvalue weighted by molar-refractivity contribution is -0.122. The monoisotopic (exact) mass is 366 g/mol. The SMILES string of the molecule is CCN1C(=O)/C(=C\c2ccccc2OC(C)C)SC1=Nc1ccccc1. The van der Waals surface area contributed by atoms with Crippen molar-refractivity contribution in [1.82, 2.24) is 4.90 Å². The van der Waals surface area contributed by atoms with Crippen molar-refractivity contribution in [3.63, 3.8) is 0 Å². The van der Waals surface area contributed by atoms with E-state index in [0.29, 0.717) is 16.6 Å². The van der Waals surface area contributed by atoms with Crippen molar-refractivity contribution in [3.8, 4) is 5.75 Å². The van der Waals surface area contributed by atoms with Crippen LogP contribution in [0.4, 0.5) is 5.69 Å². The number of carbonyl (C=O) groups excluding carboxylic acids is 1. The first-order valence-corrected chi connectivity index (χ1v) is 9.51. The lowest BCUT2D eigenvalue weighted by Gasteiger charge is -2.13. The second-order valence-electron chi connectivity index (χ2n) is 6.09. The molecule has 0 atom stereocenters. The average Bonchev–Trinajstić information content (AvgIpc) is 2.91. The third-order valence-electron chi connectivity index (χ3n) is 3.75. The summed E-state index contributed by atoms with van der Waals surface area (Å²) >= 11 is 1.40. The van der Waals surface area contributed by atoms with Crippen molar-refractivity contribution in [2.24, 2.45) is 4.99 Å². The smallest absolute Gasteiger partial charge is 0.266 e. The van der Waals surface area contributed by atoms with Crippen LogP contribution in [-0.4, -0.2) is 28.6 Å². The van der Waals surface area contributed by atoms with Crippen LogP contribution in [0.15, 0.2) is 64.5 Å². The Morgan fingerprint density at radius 1 is 1.12 bits per heavy atom. The molecule has 1 amide bonds. The molecule has 1 fully saturated rings. The summed E-state index contributed by atoms with van der Waals surface area (Å²) < 4.78 is 5.86. The molecular formula is C21H22N2O2S. The summed E-state index contributed by atoms with van der Waals surface area (Å²) in [5.74, 6) is 0.756. The molecule has 134 valence electrons. The van der Waals surface area contributed by atoms with Gasteiger partial charge in [0, 0.05) is 12.1 Å². The highest BCUT2D eigenvalue weighted by Gasteiger charge is 2.32. The molecule has 0 radical (unpaired) electrons. The molecule has 2 aromatic carbocycles. The van der Waals surface area contributed by atoms with Crippen LogP contribution in [-0.2, 0) is 4.79 Å². The quantitative estimate of drug-likeness (QED) is 0.692. The largest absolute Gasteiger partial charge is 0.490 e. The number of rotatable bonds is 5. The molecule has 1 aliphatic rings. The molecular weight excluding hydrogens is 344 g/mol. The van der Waals surface area contributed by atoms with Gasteiger partial charge in [0.1, 0.15) is 5.75 Å². The number of amides is 1. The van der Waals surface area contributed by atoms with Crippen LogP contribution in [0.2, 0.25) is 0 Å². The van der Waals surface area contributed by atoms with Crippen LogP contribution in [0.25, 0.3) is 6.08 Å². The van der Waals surface area contributed by atoms with E-state index in [2.05, 4.69) is 4.99 Å². The maximum atomic E-state index is 12.8. The fraction of sp³-hybridized carbons (Fsp3) is 0.238. The molecule has 2 aromatic rings. The molecule has 0 aliphatic carbocycles. The summed E-state index contributed by atoms with van der Waals surface area (Å²) in [6.45, 7) is 6.52. The summed E-state index contributed by atoms with van der Waals surface area (Å²) in [5, 5.41) is 0.706. The van der Waals surface area contributed by atoms with Crippen molar-refractivity contribution >= 4 is 34.6 Å². The Kier molecular flexibility index (Phi) is 5.78. The number of amidine groups is 1. The van der Waals surface area contributed by atoms with Crippen LogP contribution >= 0.6 is 11.8 Å². The van der Waals surface area contributed by atoms with Gasteiger partial charge in [0.05, 0.1) is 16.7 Å². The number of thioether (sulfide) groups is 1. The minimum atomic E-state index is -0.0217. The predicted octanol–water partition coefficient (Wildman–Crippen LogP) is 5.10. The number of likely N-dealkylation sites (N-methyl/N-ethyl adjacent to an activating group) is 1. The van der Waals surface area contributed by atoms with E-state index in [1.54, 1.807) is 4.90 Å². The van der Waals surface area contributed by atoms with E-state index in [-0.39, 0.29) is 12.0 Å². The fourth-order valence-electron chi connectivity index (χ4n) is 2.59. The second-order valence-corrected chi connectivity index (χ2v) is 7.10. The normalized spacial score (nSPS) is 17.5. The Balaban J connectivity index is 1.93. The Hall–Kier alpha value is -2.53. The van der Waals surface area contributed by atoms with Gasteiger partial charge in [-0.25, -0.2) is 4.99 Å². The van der Waals surface area contributed by atoms with Gasteiger partial charge < -0.3 is 4.74 Å². The standard InChI is InChI=1S/C21H22N2O2S/c1-4-23-20(24)19(26-21(23)22-17-11-6-5-7-12-17)14-16-10-8-9-13-18(16)25-15(2)3/h5-15H,4H2,1-3H3/b19-14+,22-21?. The van der Waals surface area contributed by atoms with Crippen molar-refractivity contribution in [2.45, 2.75) is 26.9 Å². The van der Waals surface area contributed by atoms with E-state index in [0.717, 1.165) is 17.0 Å². The zero-order chi connectivity index (χ0) is 18.5. The van der Waals surface area contributed by atoms with Crippen LogP contribution in [0.5, 0.6) is 5.75 Å². The van der Waals surface area contributed by atoms with E-state index in [1.165, 1.54) is 11.8 Å². The molecule has 1 aliphatic heterocycles. The number of carbonyl (C=O) groups is 1. The summed E-state index contributed by atoms with van der Waals surface area (Å²) in [6, 6.07) is 17.4. The van der Waals surface area contributed by atoms with Crippen molar-refractivity contribution < 1.29 is 9.53 Å². The number of para-hydroxylation sites is 2. The number of ether oxygens (including phenoxy) is 1. The Morgan fingerprint density at radius 2 is 1.81 bits per heavy atom. The minimum Gasteiger partial charge on any atom is -0.490 e. The van der Waals surface area contributed by atoms with Gasteiger partial charge in [-0.1, -0.05) is 36.4 Å². The molecule has 0 N–H and O–H groups in total. The first-order chi connectivity index (χ1) is 12.6. The van der Waals surface area contributed by atoms with Gasteiger partial charge in [0.15, 0.2) is 5.17 Å². The summed E-state index contributed by atoms with van der Waals surface area (Å²) in [6.07, 6.45) is 1.96. The number of hydrogen-bond donors (Lipinski definition) is 0. The molecule has 0 aromatic heterocycles. The Bertz CT molecular complexity index is 844. The van der Waals surface area contributed by atoms with Gasteiger partial charge in [0.25, 0.3) is 5.91 Å². The lowest BCUT2D eigenvalue weighted by atomic mass is 10.2. The molecule has 3 rings (SSSR count). The molecule has 0 spiro atoms. The van der Waals surface area contributed by atoms with Crippen molar-refractivity contribution in [3.05, 3.63) is 65.1 Å². The van der Waals surface area contributed by atoms with E-state index in [9.17, 15) is 4.79 Å². The number of aliphatic imine (C=N–C) groups is 1. The lowest BCUT2D eigenvalue weighted by Crippen LogP contribution is -2.28. The number of nitrogens with zero attached hydrogens (tertiary/aromatic N) is 2. The van der Waals surface area contributed by atoms with Gasteiger partial charge in [0.2, 0.25) is 0 Å². The molecule has 1 heterocycles. The third kappa shape index (κ3) is 4.17. The summed E-state index contributed by atoms with van der Waals surface area (Å²) in [4.78, 5) is 19.8. The molecule has 5 heteroatoms. The van der Waals surface area contributed by atoms with E-state index in [4.69, 9.17) is 4.74 Å². The van der Waals surface area contributed by atoms with E-state index >= 15 is 0 Å². The third-order valence-corrected chi connectivity index (χ3v) is 4.76. The maximum absolute atomic E-state index is 12.8. The number of benzene rings is 2. The first-order valence-electron chi connectivity index (χ1n) is 8.69. The van der Waals surface area contributed by atoms with Crippen LogP contribution in [0, 0.1) is 0 Å². The van der Waals surface area contributed by atoms with Gasteiger partial charge in [-0.2, -0.15) is 0 Å². The van der Waals surface area contributed by atoms with Gasteiger partial charge >= 0.3 is 0 Å². The maximum Gasteiger partial charge on any atom is 0.266 e. The highest BCUT2D eigenvalue weighted by Crippen LogP contribution is 2.35. The molecule has 26 heavy (non-hydrogen) atoms. The summed E-state index contributed by atoms with van der Waals surface area (Å²) in [7, 11) is 0. The van der Waals surface area contributed by atoms with Gasteiger partial charge in [-0.3, -0.25) is 9.69 Å². The average molecular weight is 366 g/mol. The van der Waals surface area contributed by atoms with Crippen molar-refractivity contribution in [2.75, 3.05) is 6.54 Å². The topological polar surface area (TPSA) is 41.9 Å².